The zero-order valence-electron chi connectivity index (χ0n) is 13.6. The SMILES string of the molecule is NCc1nc(C(=O)NCC2(c3ccc(F)cc3)CCCCC2)cs1. The first kappa shape index (κ1) is 17.0. The smallest absolute Gasteiger partial charge is 0.270 e. The first-order valence-corrected chi connectivity index (χ1v) is 9.20. The molecule has 3 N–H and O–H groups in total. The number of nitrogens with zero attached hydrogens (tertiary/aromatic N) is 1. The number of nitrogens with two attached hydrogens (primary N) is 1. The molecule has 4 nitrogen and oxygen atoms in total. The highest BCUT2D eigenvalue weighted by atomic mass is 32.1. The van der Waals surface area contributed by atoms with Crippen molar-refractivity contribution in [3.8, 4) is 0 Å². The average Bonchev–Trinajstić information content (AvgIpc) is 3.10. The zero-order valence-corrected chi connectivity index (χ0v) is 14.4. The predicted octanol–water partition coefficient (Wildman–Crippen LogP) is 3.37. The lowest BCUT2D eigenvalue weighted by Crippen LogP contribution is -2.42. The number of carbonyl (C=O) groups is 1. The van der Waals surface area contributed by atoms with Crippen LogP contribution in [-0.4, -0.2) is 17.4 Å². The second-order valence-electron chi connectivity index (χ2n) is 6.36. The van der Waals surface area contributed by atoms with Crippen molar-refractivity contribution in [3.63, 3.8) is 0 Å². The van der Waals surface area contributed by atoms with Crippen LogP contribution in [0.1, 0.15) is 53.2 Å². The van der Waals surface area contributed by atoms with Crippen LogP contribution in [0.2, 0.25) is 0 Å². The van der Waals surface area contributed by atoms with Gasteiger partial charge in [0.2, 0.25) is 0 Å². The number of thiazole rings is 1. The Kier molecular flexibility index (Phi) is 5.26. The van der Waals surface area contributed by atoms with Gasteiger partial charge in [-0.15, -0.1) is 11.3 Å². The molecule has 1 saturated carbocycles. The Hall–Kier alpha value is -1.79. The molecule has 1 fully saturated rings. The van der Waals surface area contributed by atoms with Crippen LogP contribution in [0.4, 0.5) is 4.39 Å². The Morgan fingerprint density at radius 3 is 2.58 bits per heavy atom. The maximum atomic E-state index is 13.3. The Morgan fingerprint density at radius 2 is 1.96 bits per heavy atom. The second-order valence-corrected chi connectivity index (χ2v) is 7.30. The molecule has 1 amide bonds. The summed E-state index contributed by atoms with van der Waals surface area (Å²) in [5, 5.41) is 5.53. The average molecular weight is 347 g/mol. The van der Waals surface area contributed by atoms with Crippen LogP contribution in [0.25, 0.3) is 0 Å². The Balaban J connectivity index is 1.75. The third-order valence-corrected chi connectivity index (χ3v) is 5.68. The normalized spacial score (nSPS) is 16.8. The molecule has 0 bridgehead atoms. The Morgan fingerprint density at radius 1 is 1.25 bits per heavy atom. The number of halogens is 1. The predicted molar refractivity (Wildman–Crippen MR) is 93.5 cm³/mol. The number of nitrogens with one attached hydrogen (secondary N) is 1. The number of amides is 1. The minimum atomic E-state index is -0.231. The number of hydrogen-bond acceptors (Lipinski definition) is 4. The van der Waals surface area contributed by atoms with Crippen LogP contribution in [0.15, 0.2) is 29.6 Å². The highest BCUT2D eigenvalue weighted by Gasteiger charge is 2.34. The number of hydrogen-bond donors (Lipinski definition) is 2. The minimum absolute atomic E-state index is 0.117. The van der Waals surface area contributed by atoms with Crippen LogP contribution in [-0.2, 0) is 12.0 Å². The van der Waals surface area contributed by atoms with Crippen LogP contribution in [0.5, 0.6) is 0 Å². The van der Waals surface area contributed by atoms with Crippen molar-refractivity contribution < 1.29 is 9.18 Å². The van der Waals surface area contributed by atoms with Gasteiger partial charge in [-0.3, -0.25) is 4.79 Å². The fraction of sp³-hybridized carbons (Fsp3) is 0.444. The minimum Gasteiger partial charge on any atom is -0.350 e. The highest BCUT2D eigenvalue weighted by Crippen LogP contribution is 2.39. The van der Waals surface area contributed by atoms with Crippen molar-refractivity contribution in [2.24, 2.45) is 5.73 Å². The molecule has 0 atom stereocenters. The van der Waals surface area contributed by atoms with Gasteiger partial charge in [0.1, 0.15) is 16.5 Å². The molecule has 1 aliphatic rings. The fourth-order valence-corrected chi connectivity index (χ4v) is 4.10. The Labute approximate surface area is 145 Å². The lowest BCUT2D eigenvalue weighted by Gasteiger charge is -2.38. The summed E-state index contributed by atoms with van der Waals surface area (Å²) < 4.78 is 13.3. The molecule has 0 radical (unpaired) electrons. The molecule has 1 heterocycles. The zero-order chi connectivity index (χ0) is 17.0. The van der Waals surface area contributed by atoms with Gasteiger partial charge in [0.15, 0.2) is 0 Å². The summed E-state index contributed by atoms with van der Waals surface area (Å²) in [5.74, 6) is -0.399. The van der Waals surface area contributed by atoms with Gasteiger partial charge in [-0.05, 0) is 30.5 Å². The van der Waals surface area contributed by atoms with E-state index in [2.05, 4.69) is 10.3 Å². The topological polar surface area (TPSA) is 68.0 Å². The summed E-state index contributed by atoms with van der Waals surface area (Å²) in [6.45, 7) is 0.893. The summed E-state index contributed by atoms with van der Waals surface area (Å²) >= 11 is 1.40. The van der Waals surface area contributed by atoms with Crippen LogP contribution in [0, 0.1) is 5.82 Å². The molecular formula is C18H22FN3OS. The highest BCUT2D eigenvalue weighted by molar-refractivity contribution is 7.09. The molecule has 0 saturated heterocycles. The van der Waals surface area contributed by atoms with E-state index in [0.29, 0.717) is 18.8 Å². The van der Waals surface area contributed by atoms with E-state index in [-0.39, 0.29) is 17.1 Å². The quantitative estimate of drug-likeness (QED) is 0.871. The van der Waals surface area contributed by atoms with Crippen molar-refractivity contribution in [1.82, 2.24) is 10.3 Å². The van der Waals surface area contributed by atoms with Crippen molar-refractivity contribution in [2.45, 2.75) is 44.1 Å². The third kappa shape index (κ3) is 3.65. The molecule has 1 aromatic heterocycles. The molecule has 1 aliphatic carbocycles. The van der Waals surface area contributed by atoms with Crippen LogP contribution in [0.3, 0.4) is 0 Å². The molecular weight excluding hydrogens is 325 g/mol. The molecule has 6 heteroatoms. The van der Waals surface area contributed by atoms with Gasteiger partial charge in [0.05, 0.1) is 0 Å². The maximum absolute atomic E-state index is 13.3. The fourth-order valence-electron chi connectivity index (χ4n) is 3.45. The van der Waals surface area contributed by atoms with Crippen molar-refractivity contribution in [3.05, 3.63) is 51.7 Å². The molecule has 128 valence electrons. The van der Waals surface area contributed by atoms with Crippen LogP contribution >= 0.6 is 11.3 Å². The van der Waals surface area contributed by atoms with Crippen molar-refractivity contribution in [2.75, 3.05) is 6.54 Å². The summed E-state index contributed by atoms with van der Waals surface area (Å²) in [5.41, 5.74) is 6.96. The second kappa shape index (κ2) is 7.40. The first-order chi connectivity index (χ1) is 11.6. The van der Waals surface area contributed by atoms with Gasteiger partial charge in [0.25, 0.3) is 5.91 Å². The van der Waals surface area contributed by atoms with E-state index in [1.54, 1.807) is 5.38 Å². The largest absolute Gasteiger partial charge is 0.350 e. The molecule has 2 aromatic rings. The number of aromatic nitrogens is 1. The van der Waals surface area contributed by atoms with E-state index in [1.807, 2.05) is 12.1 Å². The van der Waals surface area contributed by atoms with E-state index in [1.165, 1.54) is 29.9 Å². The first-order valence-electron chi connectivity index (χ1n) is 8.32. The number of benzene rings is 1. The maximum Gasteiger partial charge on any atom is 0.270 e. The van der Waals surface area contributed by atoms with Gasteiger partial charge < -0.3 is 11.1 Å². The molecule has 0 aliphatic heterocycles. The van der Waals surface area contributed by atoms with Crippen molar-refractivity contribution >= 4 is 17.2 Å². The lowest BCUT2D eigenvalue weighted by atomic mass is 9.69. The van der Waals surface area contributed by atoms with E-state index >= 15 is 0 Å². The van der Waals surface area contributed by atoms with Gasteiger partial charge in [-0.1, -0.05) is 31.4 Å². The summed E-state index contributed by atoms with van der Waals surface area (Å²) in [7, 11) is 0. The molecule has 0 unspecified atom stereocenters. The molecule has 3 rings (SSSR count). The lowest BCUT2D eigenvalue weighted by molar-refractivity contribution is 0.0932. The monoisotopic (exact) mass is 347 g/mol. The van der Waals surface area contributed by atoms with E-state index in [9.17, 15) is 9.18 Å². The van der Waals surface area contributed by atoms with Gasteiger partial charge >= 0.3 is 0 Å². The van der Waals surface area contributed by atoms with Gasteiger partial charge in [-0.2, -0.15) is 0 Å². The number of carbonyl (C=O) groups excluding carboxylic acids is 1. The third-order valence-electron chi connectivity index (χ3n) is 4.81. The van der Waals surface area contributed by atoms with E-state index in [4.69, 9.17) is 5.73 Å². The summed E-state index contributed by atoms with van der Waals surface area (Å²) in [6.07, 6.45) is 5.47. The molecule has 1 aromatic carbocycles. The Bertz CT molecular complexity index is 693. The molecule has 24 heavy (non-hydrogen) atoms. The number of rotatable bonds is 5. The van der Waals surface area contributed by atoms with Crippen molar-refractivity contribution in [1.29, 1.82) is 0 Å². The molecule has 0 spiro atoms. The standard InChI is InChI=1S/C18H22FN3OS/c19-14-6-4-13(5-7-14)18(8-2-1-3-9-18)12-21-17(23)15-11-24-16(10-20)22-15/h4-7,11H,1-3,8-10,12,20H2,(H,21,23). The van der Waals surface area contributed by atoms with E-state index in [0.717, 1.165) is 36.3 Å². The van der Waals surface area contributed by atoms with Gasteiger partial charge in [0, 0.05) is 23.9 Å². The van der Waals surface area contributed by atoms with Gasteiger partial charge in [-0.25, -0.2) is 9.37 Å². The summed E-state index contributed by atoms with van der Waals surface area (Å²) in [6, 6.07) is 6.70. The van der Waals surface area contributed by atoms with E-state index < -0.39 is 0 Å². The summed E-state index contributed by atoms with van der Waals surface area (Å²) in [4.78, 5) is 16.6. The van der Waals surface area contributed by atoms with Crippen LogP contribution < -0.4 is 11.1 Å².